The number of furan rings is 1. The largest absolute Gasteiger partial charge is 0.456 e. The smallest absolute Gasteiger partial charge is 0.136 e. The Bertz CT molecular complexity index is 3170. The monoisotopic (exact) mass is 728 g/mol. The van der Waals surface area contributed by atoms with Crippen LogP contribution >= 0.6 is 0 Å². The Morgan fingerprint density at radius 2 is 0.895 bits per heavy atom. The summed E-state index contributed by atoms with van der Waals surface area (Å²) in [5.74, 6) is 0. The molecule has 9 aromatic carbocycles. The Morgan fingerprint density at radius 3 is 1.65 bits per heavy atom. The van der Waals surface area contributed by atoms with Crippen LogP contribution in [0, 0.1) is 0 Å². The van der Waals surface area contributed by atoms with Gasteiger partial charge in [-0.1, -0.05) is 158 Å². The van der Waals surface area contributed by atoms with Crippen molar-refractivity contribution in [3.8, 4) is 39.1 Å². The lowest BCUT2D eigenvalue weighted by molar-refractivity contribution is 0.669. The van der Waals surface area contributed by atoms with E-state index in [0.29, 0.717) is 0 Å². The van der Waals surface area contributed by atoms with Crippen LogP contribution in [0.15, 0.2) is 223 Å². The van der Waals surface area contributed by atoms with Gasteiger partial charge in [0.05, 0.1) is 16.7 Å². The molecule has 0 aliphatic carbocycles. The van der Waals surface area contributed by atoms with Crippen LogP contribution in [-0.2, 0) is 0 Å². The van der Waals surface area contributed by atoms with Gasteiger partial charge < -0.3 is 13.9 Å². The number of nitrogens with zero attached hydrogens (tertiary/aromatic N) is 2. The molecule has 57 heavy (non-hydrogen) atoms. The minimum atomic E-state index is 0.910. The molecular formula is C54H36N2O. The zero-order chi connectivity index (χ0) is 37.7. The van der Waals surface area contributed by atoms with Gasteiger partial charge in [-0.2, -0.15) is 0 Å². The summed E-state index contributed by atoms with van der Waals surface area (Å²) in [6.45, 7) is 0. The molecule has 0 amide bonds. The van der Waals surface area contributed by atoms with Crippen LogP contribution < -0.4 is 4.90 Å². The van der Waals surface area contributed by atoms with Crippen LogP contribution in [0.4, 0.5) is 17.1 Å². The van der Waals surface area contributed by atoms with Gasteiger partial charge in [0.1, 0.15) is 11.2 Å². The molecule has 0 unspecified atom stereocenters. The normalized spacial score (nSPS) is 11.5. The minimum Gasteiger partial charge on any atom is -0.456 e. The van der Waals surface area contributed by atoms with E-state index in [2.05, 4.69) is 216 Å². The fourth-order valence-corrected chi connectivity index (χ4v) is 8.59. The zero-order valence-electron chi connectivity index (χ0n) is 31.1. The summed E-state index contributed by atoms with van der Waals surface area (Å²) >= 11 is 0. The van der Waals surface area contributed by atoms with Crippen molar-refractivity contribution in [1.82, 2.24) is 4.57 Å². The minimum absolute atomic E-state index is 0.910. The van der Waals surface area contributed by atoms with Gasteiger partial charge in [-0.05, 0) is 88.5 Å². The molecule has 3 heteroatoms. The van der Waals surface area contributed by atoms with Gasteiger partial charge in [-0.25, -0.2) is 0 Å². The van der Waals surface area contributed by atoms with Crippen LogP contribution in [0.1, 0.15) is 0 Å². The van der Waals surface area contributed by atoms with E-state index < -0.39 is 0 Å². The Morgan fingerprint density at radius 1 is 0.351 bits per heavy atom. The molecule has 0 saturated heterocycles. The van der Waals surface area contributed by atoms with E-state index in [-0.39, 0.29) is 0 Å². The molecule has 3 nitrogen and oxygen atoms in total. The molecule has 0 aliphatic rings. The summed E-state index contributed by atoms with van der Waals surface area (Å²) in [5.41, 5.74) is 15.6. The Hall–Kier alpha value is -7.62. The van der Waals surface area contributed by atoms with Crippen molar-refractivity contribution < 1.29 is 4.42 Å². The second-order valence-electron chi connectivity index (χ2n) is 14.5. The van der Waals surface area contributed by atoms with Crippen molar-refractivity contribution in [2.24, 2.45) is 0 Å². The number of para-hydroxylation sites is 4. The fraction of sp³-hybridized carbons (Fsp3) is 0. The van der Waals surface area contributed by atoms with E-state index >= 15 is 0 Å². The topological polar surface area (TPSA) is 21.3 Å². The van der Waals surface area contributed by atoms with Crippen molar-refractivity contribution in [2.45, 2.75) is 0 Å². The Balaban J connectivity index is 1.01. The molecule has 2 heterocycles. The number of rotatable bonds is 7. The SMILES string of the molecule is c1ccc(-c2ccccc2N(c2ccc(-c3ccc(-c4cccc5oc6ccccc6c45)cc3)cc2)c2cccc(-n3c4ccccc4c4ccccc43)c2)cc1. The lowest BCUT2D eigenvalue weighted by Crippen LogP contribution is -2.11. The van der Waals surface area contributed by atoms with Crippen LogP contribution in [0.25, 0.3) is 82.8 Å². The predicted octanol–water partition coefficient (Wildman–Crippen LogP) is 15.2. The fourth-order valence-electron chi connectivity index (χ4n) is 8.59. The number of benzene rings is 9. The highest BCUT2D eigenvalue weighted by molar-refractivity contribution is 6.12. The number of aromatic nitrogens is 1. The molecule has 11 rings (SSSR count). The first-order valence-electron chi connectivity index (χ1n) is 19.4. The molecule has 0 N–H and O–H groups in total. The van der Waals surface area contributed by atoms with Gasteiger partial charge in [0, 0.05) is 44.2 Å². The first kappa shape index (κ1) is 32.8. The summed E-state index contributed by atoms with van der Waals surface area (Å²) in [7, 11) is 0. The van der Waals surface area contributed by atoms with E-state index in [0.717, 1.165) is 50.3 Å². The third kappa shape index (κ3) is 5.60. The van der Waals surface area contributed by atoms with Crippen molar-refractivity contribution in [2.75, 3.05) is 4.90 Å². The van der Waals surface area contributed by atoms with Crippen molar-refractivity contribution >= 4 is 60.8 Å². The number of anilines is 3. The molecule has 0 fully saturated rings. The van der Waals surface area contributed by atoms with Gasteiger partial charge in [-0.3, -0.25) is 0 Å². The summed E-state index contributed by atoms with van der Waals surface area (Å²) in [6.07, 6.45) is 0. The molecule has 11 aromatic rings. The summed E-state index contributed by atoms with van der Waals surface area (Å²) in [5, 5.41) is 4.80. The van der Waals surface area contributed by atoms with Gasteiger partial charge >= 0.3 is 0 Å². The number of hydrogen-bond donors (Lipinski definition) is 0. The second kappa shape index (κ2) is 13.6. The standard InChI is InChI=1S/C54H36N2O/c1-2-14-39(15-3-1)44-18-4-8-23-49(44)55(42-16-12-17-43(36-42)56-50-24-9-5-19-46(50)47-20-6-10-25-51(47)56)41-34-32-38(33-35-41)37-28-30-40(31-29-37)45-22-13-27-53-54(45)48-21-7-11-26-52(48)57-53/h1-36H. The van der Waals surface area contributed by atoms with E-state index in [9.17, 15) is 0 Å². The van der Waals surface area contributed by atoms with Gasteiger partial charge in [-0.15, -0.1) is 0 Å². The molecule has 0 bridgehead atoms. The average molecular weight is 729 g/mol. The number of fused-ring (bicyclic) bond motifs is 6. The first-order valence-corrected chi connectivity index (χ1v) is 19.4. The lowest BCUT2D eigenvalue weighted by Gasteiger charge is -2.28. The molecule has 0 saturated carbocycles. The summed E-state index contributed by atoms with van der Waals surface area (Å²) < 4.78 is 8.58. The molecule has 0 radical (unpaired) electrons. The van der Waals surface area contributed by atoms with E-state index in [1.54, 1.807) is 0 Å². The highest BCUT2D eigenvalue weighted by atomic mass is 16.3. The predicted molar refractivity (Wildman–Crippen MR) is 239 cm³/mol. The summed E-state index contributed by atoms with van der Waals surface area (Å²) in [4.78, 5) is 2.39. The highest BCUT2D eigenvalue weighted by Gasteiger charge is 2.19. The Labute approximate surface area is 330 Å². The highest BCUT2D eigenvalue weighted by Crippen LogP contribution is 2.43. The maximum atomic E-state index is 6.19. The lowest BCUT2D eigenvalue weighted by atomic mass is 9.96. The van der Waals surface area contributed by atoms with Crippen molar-refractivity contribution in [3.05, 3.63) is 218 Å². The number of hydrogen-bond acceptors (Lipinski definition) is 2. The molecule has 0 atom stereocenters. The molecule has 0 aliphatic heterocycles. The van der Waals surface area contributed by atoms with Gasteiger partial charge in [0.2, 0.25) is 0 Å². The van der Waals surface area contributed by atoms with Gasteiger partial charge in [0.15, 0.2) is 0 Å². The maximum absolute atomic E-state index is 6.19. The van der Waals surface area contributed by atoms with E-state index in [1.807, 2.05) is 12.1 Å². The molecule has 268 valence electrons. The van der Waals surface area contributed by atoms with Crippen LogP contribution in [0.2, 0.25) is 0 Å². The second-order valence-corrected chi connectivity index (χ2v) is 14.5. The van der Waals surface area contributed by atoms with Crippen LogP contribution in [-0.4, -0.2) is 4.57 Å². The van der Waals surface area contributed by atoms with Crippen molar-refractivity contribution in [3.63, 3.8) is 0 Å². The van der Waals surface area contributed by atoms with E-state index in [4.69, 9.17) is 4.42 Å². The molecule has 0 spiro atoms. The van der Waals surface area contributed by atoms with Crippen LogP contribution in [0.3, 0.4) is 0 Å². The molecule has 2 aromatic heterocycles. The van der Waals surface area contributed by atoms with Crippen LogP contribution in [0.5, 0.6) is 0 Å². The quantitative estimate of drug-likeness (QED) is 0.163. The average Bonchev–Trinajstić information content (AvgIpc) is 3.84. The third-order valence-corrected chi connectivity index (χ3v) is 11.2. The first-order chi connectivity index (χ1) is 28.3. The molecular weight excluding hydrogens is 693 g/mol. The van der Waals surface area contributed by atoms with Gasteiger partial charge in [0.25, 0.3) is 0 Å². The zero-order valence-corrected chi connectivity index (χ0v) is 31.1. The Kier molecular flexibility index (Phi) is 7.82. The van der Waals surface area contributed by atoms with E-state index in [1.165, 1.54) is 49.6 Å². The summed E-state index contributed by atoms with van der Waals surface area (Å²) in [6, 6.07) is 78.1. The third-order valence-electron chi connectivity index (χ3n) is 11.2. The maximum Gasteiger partial charge on any atom is 0.136 e. The van der Waals surface area contributed by atoms with Crippen molar-refractivity contribution in [1.29, 1.82) is 0 Å².